The second-order valence-corrected chi connectivity index (χ2v) is 7.22. The van der Waals surface area contributed by atoms with Gasteiger partial charge in [0.1, 0.15) is 0 Å². The molecule has 0 unspecified atom stereocenters. The van der Waals surface area contributed by atoms with Gasteiger partial charge in [0.25, 0.3) is 0 Å². The highest BCUT2D eigenvalue weighted by atomic mass is 19.4. The summed E-state index contributed by atoms with van der Waals surface area (Å²) in [5, 5.41) is 0. The first kappa shape index (κ1) is 22.2. The van der Waals surface area contributed by atoms with Crippen molar-refractivity contribution >= 4 is 5.69 Å². The summed E-state index contributed by atoms with van der Waals surface area (Å²) in [6, 6.07) is 32.4. The van der Waals surface area contributed by atoms with Gasteiger partial charge in [-0.2, -0.15) is 13.2 Å². The highest BCUT2D eigenvalue weighted by Gasteiger charge is 2.37. The molecular weight excluding hydrogens is 395 g/mol. The molecule has 0 atom stereocenters. The van der Waals surface area contributed by atoms with E-state index in [-0.39, 0.29) is 11.3 Å². The highest BCUT2D eigenvalue weighted by molar-refractivity contribution is 5.60. The van der Waals surface area contributed by atoms with Crippen LogP contribution in [-0.2, 0) is 6.18 Å². The smallest absolute Gasteiger partial charge is 0.398 e. The monoisotopic (exact) mass is 419 g/mol. The van der Waals surface area contributed by atoms with Gasteiger partial charge in [-0.25, -0.2) is 0 Å². The summed E-state index contributed by atoms with van der Waals surface area (Å²) in [6.45, 7) is 2.08. The largest absolute Gasteiger partial charge is 0.416 e. The lowest BCUT2D eigenvalue weighted by atomic mass is 9.82. The Hall–Kier alpha value is -3.53. The van der Waals surface area contributed by atoms with Gasteiger partial charge >= 0.3 is 6.18 Å². The molecule has 0 heterocycles. The third-order valence-corrected chi connectivity index (χ3v) is 4.94. The minimum Gasteiger partial charge on any atom is -0.398 e. The number of hydrogen-bond acceptors (Lipinski definition) is 1. The zero-order chi connectivity index (χ0) is 22.3. The Balaban J connectivity index is 0.000000330. The lowest BCUT2D eigenvalue weighted by Crippen LogP contribution is -2.16. The molecule has 0 radical (unpaired) electrons. The molecule has 0 aliphatic heterocycles. The fourth-order valence-corrected chi connectivity index (χ4v) is 3.50. The van der Waals surface area contributed by atoms with Crippen molar-refractivity contribution in [2.45, 2.75) is 19.0 Å². The van der Waals surface area contributed by atoms with E-state index in [9.17, 15) is 13.2 Å². The number of benzene rings is 4. The molecule has 31 heavy (non-hydrogen) atoms. The second-order valence-electron chi connectivity index (χ2n) is 7.22. The van der Waals surface area contributed by atoms with E-state index in [1.807, 2.05) is 78.9 Å². The fourth-order valence-electron chi connectivity index (χ4n) is 3.50. The van der Waals surface area contributed by atoms with E-state index in [1.54, 1.807) is 0 Å². The van der Waals surface area contributed by atoms with Crippen LogP contribution in [0.25, 0.3) is 0 Å². The summed E-state index contributed by atoms with van der Waals surface area (Å²) in [6.07, 6.45) is -4.47. The molecule has 1 nitrogen and oxygen atoms in total. The van der Waals surface area contributed by atoms with Crippen molar-refractivity contribution < 1.29 is 13.2 Å². The molecule has 0 amide bonds. The van der Waals surface area contributed by atoms with Crippen LogP contribution in [0.4, 0.5) is 18.9 Å². The maximum Gasteiger partial charge on any atom is 0.416 e. The summed E-state index contributed by atoms with van der Waals surface area (Å²) in [7, 11) is 0. The van der Waals surface area contributed by atoms with Gasteiger partial charge in [0, 0.05) is 11.6 Å². The summed E-state index contributed by atoms with van der Waals surface area (Å²) in [5.74, 6) is -0.578. The summed E-state index contributed by atoms with van der Waals surface area (Å²) in [5.41, 5.74) is 8.40. The van der Waals surface area contributed by atoms with E-state index in [0.29, 0.717) is 0 Å². The lowest BCUT2D eigenvalue weighted by molar-refractivity contribution is -0.138. The molecule has 0 spiro atoms. The zero-order valence-electron chi connectivity index (χ0n) is 17.2. The minimum atomic E-state index is -4.47. The highest BCUT2D eigenvalue weighted by Crippen LogP contribution is 2.43. The van der Waals surface area contributed by atoms with E-state index < -0.39 is 17.7 Å². The third kappa shape index (κ3) is 5.76. The van der Waals surface area contributed by atoms with Crippen molar-refractivity contribution in [3.8, 4) is 0 Å². The number of halogens is 3. The Morgan fingerprint density at radius 2 is 1.06 bits per heavy atom. The predicted octanol–water partition coefficient (Wildman–Crippen LogP) is 7.46. The van der Waals surface area contributed by atoms with Crippen LogP contribution in [0.5, 0.6) is 0 Å². The normalized spacial score (nSPS) is 11.0. The van der Waals surface area contributed by atoms with Crippen LogP contribution in [0.15, 0.2) is 109 Å². The number of alkyl halides is 3. The van der Waals surface area contributed by atoms with Gasteiger partial charge in [0.15, 0.2) is 0 Å². The number of nitrogens with two attached hydrogens (primary N) is 1. The standard InChI is InChI=1S/C20H16F3N.C7H8/c21-20(22,23)16-12-7-13-17(24)19(16)18(14-8-3-1-4-9-14)15-10-5-2-6-11-15;1-7-5-3-2-4-6-7/h1-13,18H,24H2;2-6H,1H3. The maximum absolute atomic E-state index is 13.6. The van der Waals surface area contributed by atoms with E-state index in [1.165, 1.54) is 17.7 Å². The van der Waals surface area contributed by atoms with Gasteiger partial charge in [-0.3, -0.25) is 0 Å². The number of aryl methyl sites for hydroxylation is 1. The molecule has 4 rings (SSSR count). The molecular formula is C27H24F3N. The Bertz CT molecular complexity index is 1040. The van der Waals surface area contributed by atoms with Gasteiger partial charge in [-0.1, -0.05) is 103 Å². The first-order chi connectivity index (χ1) is 14.9. The molecule has 2 N–H and O–H groups in total. The van der Waals surface area contributed by atoms with Crippen LogP contribution in [0.3, 0.4) is 0 Å². The van der Waals surface area contributed by atoms with Crippen LogP contribution < -0.4 is 5.73 Å². The first-order valence-electron chi connectivity index (χ1n) is 9.95. The molecule has 4 heteroatoms. The fraction of sp³-hybridized carbons (Fsp3) is 0.111. The molecule has 0 saturated heterocycles. The molecule has 0 aliphatic rings. The van der Waals surface area contributed by atoms with Gasteiger partial charge in [0.2, 0.25) is 0 Å². The number of rotatable bonds is 3. The molecule has 0 aromatic heterocycles. The predicted molar refractivity (Wildman–Crippen MR) is 121 cm³/mol. The van der Waals surface area contributed by atoms with Gasteiger partial charge < -0.3 is 5.73 Å². The van der Waals surface area contributed by atoms with Crippen LogP contribution in [0.2, 0.25) is 0 Å². The van der Waals surface area contributed by atoms with Crippen molar-refractivity contribution in [3.63, 3.8) is 0 Å². The minimum absolute atomic E-state index is 0.0994. The Kier molecular flexibility index (Phi) is 7.14. The maximum atomic E-state index is 13.6. The molecule has 4 aromatic carbocycles. The summed E-state index contributed by atoms with van der Waals surface area (Å²) < 4.78 is 40.7. The third-order valence-electron chi connectivity index (χ3n) is 4.94. The average molecular weight is 419 g/mol. The topological polar surface area (TPSA) is 26.0 Å². The van der Waals surface area contributed by atoms with E-state index in [2.05, 4.69) is 19.1 Å². The van der Waals surface area contributed by atoms with E-state index >= 15 is 0 Å². The summed E-state index contributed by atoms with van der Waals surface area (Å²) in [4.78, 5) is 0. The Morgan fingerprint density at radius 3 is 1.45 bits per heavy atom. The van der Waals surface area contributed by atoms with Crippen molar-refractivity contribution in [2.24, 2.45) is 0 Å². The SMILES string of the molecule is Cc1ccccc1.Nc1cccc(C(F)(F)F)c1C(c1ccccc1)c1ccccc1. The number of nitrogen functional groups attached to an aromatic ring is 1. The van der Waals surface area contributed by atoms with Crippen LogP contribution in [0.1, 0.15) is 33.7 Å². The van der Waals surface area contributed by atoms with Crippen molar-refractivity contribution in [1.29, 1.82) is 0 Å². The molecule has 158 valence electrons. The number of anilines is 1. The molecule has 0 bridgehead atoms. The Labute approximate surface area is 181 Å². The Morgan fingerprint density at radius 1 is 0.613 bits per heavy atom. The van der Waals surface area contributed by atoms with E-state index in [4.69, 9.17) is 5.73 Å². The number of hydrogen-bond donors (Lipinski definition) is 1. The molecule has 0 aliphatic carbocycles. The van der Waals surface area contributed by atoms with Crippen LogP contribution >= 0.6 is 0 Å². The zero-order valence-corrected chi connectivity index (χ0v) is 17.2. The molecule has 0 fully saturated rings. The van der Waals surface area contributed by atoms with E-state index in [0.717, 1.165) is 17.2 Å². The van der Waals surface area contributed by atoms with Gasteiger partial charge in [0.05, 0.1) is 5.56 Å². The summed E-state index contributed by atoms with van der Waals surface area (Å²) >= 11 is 0. The molecule has 4 aromatic rings. The van der Waals surface area contributed by atoms with Crippen LogP contribution in [-0.4, -0.2) is 0 Å². The van der Waals surface area contributed by atoms with Gasteiger partial charge in [-0.05, 0) is 35.7 Å². The average Bonchev–Trinajstić information content (AvgIpc) is 2.77. The van der Waals surface area contributed by atoms with Crippen molar-refractivity contribution in [3.05, 3.63) is 137 Å². The van der Waals surface area contributed by atoms with Gasteiger partial charge in [-0.15, -0.1) is 0 Å². The van der Waals surface area contributed by atoms with Crippen LogP contribution in [0, 0.1) is 6.92 Å². The molecule has 0 saturated carbocycles. The quantitative estimate of drug-likeness (QED) is 0.271. The second kappa shape index (κ2) is 9.98. The van der Waals surface area contributed by atoms with Crippen molar-refractivity contribution in [1.82, 2.24) is 0 Å². The lowest BCUT2D eigenvalue weighted by Gasteiger charge is -2.24. The van der Waals surface area contributed by atoms with Crippen molar-refractivity contribution in [2.75, 3.05) is 5.73 Å². The first-order valence-corrected chi connectivity index (χ1v) is 9.95.